The van der Waals surface area contributed by atoms with Gasteiger partial charge >= 0.3 is 0 Å². The van der Waals surface area contributed by atoms with E-state index >= 15 is 0 Å². The first kappa shape index (κ1) is 26.0. The predicted molar refractivity (Wildman–Crippen MR) is 193 cm³/mol. The number of fused-ring (bicyclic) bond motifs is 6. The number of hydrogen-bond acceptors (Lipinski definition) is 0. The molecule has 45 heavy (non-hydrogen) atoms. The molecule has 0 unspecified atom stereocenters. The van der Waals surface area contributed by atoms with Crippen molar-refractivity contribution in [3.05, 3.63) is 169 Å². The average Bonchev–Trinajstić information content (AvgIpc) is 3.32. The minimum atomic E-state index is -0.00332. The van der Waals surface area contributed by atoms with Crippen LogP contribution in [0.15, 0.2) is 158 Å². The summed E-state index contributed by atoms with van der Waals surface area (Å²) in [6.45, 7) is 4.70. The van der Waals surface area contributed by atoms with E-state index in [1.807, 2.05) is 0 Å². The van der Waals surface area contributed by atoms with Crippen LogP contribution in [0.4, 0.5) is 0 Å². The Labute approximate surface area is 264 Å². The average molecular weight is 573 g/mol. The first-order valence-electron chi connectivity index (χ1n) is 15.9. The third-order valence-electron chi connectivity index (χ3n) is 10.1. The largest absolute Gasteiger partial charge is 0.0619 e. The van der Waals surface area contributed by atoms with Gasteiger partial charge in [-0.3, -0.25) is 0 Å². The summed E-state index contributed by atoms with van der Waals surface area (Å²) in [6.07, 6.45) is 0. The van der Waals surface area contributed by atoms with E-state index in [1.165, 1.54) is 88.0 Å². The Kier molecular flexibility index (Phi) is 5.64. The fourth-order valence-corrected chi connectivity index (χ4v) is 7.92. The molecule has 0 saturated heterocycles. The molecule has 0 radical (unpaired) electrons. The van der Waals surface area contributed by atoms with Gasteiger partial charge in [-0.25, -0.2) is 0 Å². The van der Waals surface area contributed by atoms with E-state index in [4.69, 9.17) is 0 Å². The molecule has 0 heteroatoms. The van der Waals surface area contributed by atoms with Crippen molar-refractivity contribution in [1.29, 1.82) is 0 Å². The van der Waals surface area contributed by atoms with Crippen LogP contribution < -0.4 is 0 Å². The molecule has 0 fully saturated rings. The molecule has 0 nitrogen and oxygen atoms in total. The Morgan fingerprint density at radius 3 is 1.49 bits per heavy atom. The zero-order valence-electron chi connectivity index (χ0n) is 25.5. The molecular weight excluding hydrogens is 540 g/mol. The fraction of sp³-hybridized carbons (Fsp3) is 0.0667. The van der Waals surface area contributed by atoms with Crippen molar-refractivity contribution in [3.63, 3.8) is 0 Å². The summed E-state index contributed by atoms with van der Waals surface area (Å²) in [6, 6.07) is 58.4. The van der Waals surface area contributed by atoms with Gasteiger partial charge in [0.05, 0.1) is 0 Å². The van der Waals surface area contributed by atoms with Crippen LogP contribution in [0.2, 0.25) is 0 Å². The minimum Gasteiger partial charge on any atom is -0.0619 e. The van der Waals surface area contributed by atoms with Crippen molar-refractivity contribution in [2.45, 2.75) is 19.3 Å². The van der Waals surface area contributed by atoms with Crippen molar-refractivity contribution in [3.8, 4) is 44.5 Å². The van der Waals surface area contributed by atoms with Crippen molar-refractivity contribution in [1.82, 2.24) is 0 Å². The molecule has 212 valence electrons. The zero-order valence-corrected chi connectivity index (χ0v) is 25.5. The number of rotatable bonds is 3. The quantitative estimate of drug-likeness (QED) is 0.185. The lowest BCUT2D eigenvalue weighted by Crippen LogP contribution is -2.14. The molecule has 0 atom stereocenters. The van der Waals surface area contributed by atoms with Gasteiger partial charge in [-0.2, -0.15) is 0 Å². The summed E-state index contributed by atoms with van der Waals surface area (Å²) in [4.78, 5) is 0. The molecule has 0 N–H and O–H groups in total. The van der Waals surface area contributed by atoms with Crippen LogP contribution in [0, 0.1) is 0 Å². The van der Waals surface area contributed by atoms with Gasteiger partial charge in [0.2, 0.25) is 0 Å². The topological polar surface area (TPSA) is 0 Å². The highest BCUT2D eigenvalue weighted by Gasteiger charge is 2.35. The zero-order chi connectivity index (χ0) is 30.1. The smallest absolute Gasteiger partial charge is 0.0158 e. The summed E-state index contributed by atoms with van der Waals surface area (Å²) in [5.74, 6) is 0. The first-order chi connectivity index (χ1) is 22.1. The highest BCUT2D eigenvalue weighted by molar-refractivity contribution is 6.21. The Morgan fingerprint density at radius 2 is 0.800 bits per heavy atom. The third kappa shape index (κ3) is 3.85. The summed E-state index contributed by atoms with van der Waals surface area (Å²) in [5.41, 5.74) is 13.1. The van der Waals surface area contributed by atoms with Crippen LogP contribution in [0.1, 0.15) is 25.0 Å². The van der Waals surface area contributed by atoms with Gasteiger partial charge in [-0.15, -0.1) is 0 Å². The molecule has 0 bridgehead atoms. The standard InChI is InChI=1S/C45H32/c1-45(2)41-21-10-9-15-35(41)40-28-32(26-27-42(40)45)44-38-18-7-5-16-36(38)43(37-17-6-8-19-39(37)44)31-24-22-30(23-25-31)34-20-11-13-29-12-3-4-14-33(29)34/h3-28H,1-2H3. The van der Waals surface area contributed by atoms with Crippen LogP contribution >= 0.6 is 0 Å². The SMILES string of the molecule is CC1(C)c2ccccc2-c2cc(-c3c4ccccc4c(-c4ccc(-c5cccc6ccccc56)cc4)c4ccccc34)ccc21. The van der Waals surface area contributed by atoms with Crippen LogP contribution in [0.3, 0.4) is 0 Å². The molecule has 0 heterocycles. The summed E-state index contributed by atoms with van der Waals surface area (Å²) in [5, 5.41) is 7.69. The Bertz CT molecular complexity index is 2380. The van der Waals surface area contributed by atoms with Gasteiger partial charge in [-0.05, 0) is 94.0 Å². The van der Waals surface area contributed by atoms with Crippen molar-refractivity contribution in [2.75, 3.05) is 0 Å². The minimum absolute atomic E-state index is 0.00332. The Hall–Kier alpha value is -5.46. The third-order valence-corrected chi connectivity index (χ3v) is 10.1. The molecule has 0 spiro atoms. The van der Waals surface area contributed by atoms with Gasteiger partial charge < -0.3 is 0 Å². The molecule has 1 aliphatic carbocycles. The fourth-order valence-electron chi connectivity index (χ4n) is 7.92. The normalized spacial score (nSPS) is 13.3. The monoisotopic (exact) mass is 572 g/mol. The second-order valence-electron chi connectivity index (χ2n) is 12.9. The van der Waals surface area contributed by atoms with E-state index in [2.05, 4.69) is 172 Å². The second-order valence-corrected chi connectivity index (χ2v) is 12.9. The van der Waals surface area contributed by atoms with Crippen LogP contribution in [0.5, 0.6) is 0 Å². The lowest BCUT2D eigenvalue weighted by Gasteiger charge is -2.22. The van der Waals surface area contributed by atoms with Crippen molar-refractivity contribution in [2.24, 2.45) is 0 Å². The molecular formula is C45H32. The first-order valence-corrected chi connectivity index (χ1v) is 15.9. The maximum Gasteiger partial charge on any atom is 0.0158 e. The molecule has 0 amide bonds. The van der Waals surface area contributed by atoms with Gasteiger partial charge in [0.15, 0.2) is 0 Å². The molecule has 0 saturated carbocycles. The molecule has 9 rings (SSSR count). The van der Waals surface area contributed by atoms with Crippen LogP contribution in [-0.2, 0) is 5.41 Å². The van der Waals surface area contributed by atoms with E-state index in [9.17, 15) is 0 Å². The second kappa shape index (κ2) is 9.78. The van der Waals surface area contributed by atoms with Crippen molar-refractivity contribution >= 4 is 32.3 Å². The highest BCUT2D eigenvalue weighted by Crippen LogP contribution is 2.51. The Morgan fingerprint density at radius 1 is 0.333 bits per heavy atom. The lowest BCUT2D eigenvalue weighted by molar-refractivity contribution is 0.660. The summed E-state index contributed by atoms with van der Waals surface area (Å²) in [7, 11) is 0. The Balaban J connectivity index is 1.26. The van der Waals surface area contributed by atoms with Crippen LogP contribution in [0.25, 0.3) is 76.8 Å². The van der Waals surface area contributed by atoms with Crippen molar-refractivity contribution < 1.29 is 0 Å². The van der Waals surface area contributed by atoms with E-state index < -0.39 is 0 Å². The van der Waals surface area contributed by atoms with E-state index in [1.54, 1.807) is 0 Å². The molecule has 0 aromatic heterocycles. The molecule has 0 aliphatic heterocycles. The van der Waals surface area contributed by atoms with Gasteiger partial charge in [0, 0.05) is 5.41 Å². The summed E-state index contributed by atoms with van der Waals surface area (Å²) < 4.78 is 0. The van der Waals surface area contributed by atoms with E-state index in [0.29, 0.717) is 0 Å². The van der Waals surface area contributed by atoms with Gasteiger partial charge in [-0.1, -0.05) is 166 Å². The molecule has 8 aromatic carbocycles. The number of benzene rings is 8. The van der Waals surface area contributed by atoms with Gasteiger partial charge in [0.25, 0.3) is 0 Å². The van der Waals surface area contributed by atoms with Gasteiger partial charge in [0.1, 0.15) is 0 Å². The number of hydrogen-bond donors (Lipinski definition) is 0. The highest BCUT2D eigenvalue weighted by atomic mass is 14.4. The maximum absolute atomic E-state index is 2.44. The van der Waals surface area contributed by atoms with E-state index in [0.717, 1.165) is 0 Å². The summed E-state index contributed by atoms with van der Waals surface area (Å²) >= 11 is 0. The molecule has 1 aliphatic rings. The maximum atomic E-state index is 2.44. The predicted octanol–water partition coefficient (Wildman–Crippen LogP) is 12.5. The lowest BCUT2D eigenvalue weighted by atomic mass is 9.81. The van der Waals surface area contributed by atoms with E-state index in [-0.39, 0.29) is 5.41 Å². The molecule has 8 aromatic rings. The van der Waals surface area contributed by atoms with Crippen LogP contribution in [-0.4, -0.2) is 0 Å².